The van der Waals surface area contributed by atoms with Gasteiger partial charge in [-0.15, -0.1) is 0 Å². The number of imide groups is 1. The summed E-state index contributed by atoms with van der Waals surface area (Å²) < 4.78 is 5.88. The lowest BCUT2D eigenvalue weighted by Crippen LogP contribution is -2.44. The first-order valence-electron chi connectivity index (χ1n) is 9.18. The van der Waals surface area contributed by atoms with Crippen molar-refractivity contribution in [3.8, 4) is 11.5 Å². The number of rotatable bonds is 5. The SMILES string of the molecule is CC(C)N1C(=O)CC(NC(=O)c2nc(-c3ccccc3)oc2C2CC2)C1=O. The third-order valence-electron chi connectivity index (χ3n) is 4.84. The molecule has 3 amide bonds. The van der Waals surface area contributed by atoms with Gasteiger partial charge in [-0.25, -0.2) is 4.98 Å². The Morgan fingerprint density at radius 1 is 1.22 bits per heavy atom. The summed E-state index contributed by atoms with van der Waals surface area (Å²) in [5.41, 5.74) is 0.996. The Morgan fingerprint density at radius 2 is 1.93 bits per heavy atom. The van der Waals surface area contributed by atoms with Crippen LogP contribution in [0.1, 0.15) is 55.3 Å². The zero-order valence-electron chi connectivity index (χ0n) is 15.3. The summed E-state index contributed by atoms with van der Waals surface area (Å²) in [7, 11) is 0. The summed E-state index contributed by atoms with van der Waals surface area (Å²) >= 11 is 0. The highest BCUT2D eigenvalue weighted by Gasteiger charge is 2.42. The van der Waals surface area contributed by atoms with E-state index in [0.717, 1.165) is 18.4 Å². The summed E-state index contributed by atoms with van der Waals surface area (Å²) in [6, 6.07) is 8.29. The lowest BCUT2D eigenvalue weighted by atomic mass is 10.2. The molecule has 2 fully saturated rings. The summed E-state index contributed by atoms with van der Waals surface area (Å²) in [6.45, 7) is 3.55. The van der Waals surface area contributed by atoms with Gasteiger partial charge in [0, 0.05) is 17.5 Å². The van der Waals surface area contributed by atoms with E-state index in [2.05, 4.69) is 10.3 Å². The topological polar surface area (TPSA) is 92.5 Å². The van der Waals surface area contributed by atoms with Crippen LogP contribution in [0.15, 0.2) is 34.7 Å². The van der Waals surface area contributed by atoms with Crippen LogP contribution in [0, 0.1) is 0 Å². The van der Waals surface area contributed by atoms with Crippen LogP contribution in [-0.2, 0) is 9.59 Å². The molecule has 1 aliphatic carbocycles. The fourth-order valence-corrected chi connectivity index (χ4v) is 3.35. The molecular formula is C20H21N3O4. The maximum absolute atomic E-state index is 12.8. The van der Waals surface area contributed by atoms with Crippen LogP contribution in [0.5, 0.6) is 0 Å². The minimum absolute atomic E-state index is 0.0229. The van der Waals surface area contributed by atoms with Crippen LogP contribution in [0.3, 0.4) is 0 Å². The van der Waals surface area contributed by atoms with Gasteiger partial charge in [0.1, 0.15) is 11.8 Å². The molecule has 1 atom stereocenters. The Labute approximate surface area is 156 Å². The number of likely N-dealkylation sites (tertiary alicyclic amines) is 1. The Kier molecular flexibility index (Phi) is 4.30. The van der Waals surface area contributed by atoms with Crippen molar-refractivity contribution in [2.45, 2.75) is 51.1 Å². The Bertz CT molecular complexity index is 899. The minimum atomic E-state index is -0.851. The Balaban J connectivity index is 1.58. The average molecular weight is 367 g/mol. The number of amides is 3. The zero-order valence-corrected chi connectivity index (χ0v) is 15.3. The molecule has 7 heteroatoms. The van der Waals surface area contributed by atoms with Crippen molar-refractivity contribution in [1.29, 1.82) is 0 Å². The van der Waals surface area contributed by atoms with Crippen LogP contribution >= 0.6 is 0 Å². The van der Waals surface area contributed by atoms with Gasteiger partial charge in [0.05, 0.1) is 6.42 Å². The Hall–Kier alpha value is -2.96. The molecular weight excluding hydrogens is 346 g/mol. The fraction of sp³-hybridized carbons (Fsp3) is 0.400. The molecule has 4 rings (SSSR count). The van der Waals surface area contributed by atoms with Gasteiger partial charge in [0.2, 0.25) is 11.8 Å². The van der Waals surface area contributed by atoms with E-state index in [1.165, 1.54) is 4.90 Å². The van der Waals surface area contributed by atoms with Crippen LogP contribution in [0.2, 0.25) is 0 Å². The van der Waals surface area contributed by atoms with Crippen LogP contribution in [0.4, 0.5) is 0 Å². The van der Waals surface area contributed by atoms with Crippen LogP contribution in [-0.4, -0.2) is 39.7 Å². The molecule has 1 aromatic heterocycles. The number of oxazole rings is 1. The largest absolute Gasteiger partial charge is 0.440 e. The number of benzene rings is 1. The van der Waals surface area contributed by atoms with Crippen molar-refractivity contribution in [2.75, 3.05) is 0 Å². The van der Waals surface area contributed by atoms with Gasteiger partial charge < -0.3 is 9.73 Å². The fourth-order valence-electron chi connectivity index (χ4n) is 3.35. The number of nitrogens with zero attached hydrogens (tertiary/aromatic N) is 2. The number of carbonyl (C=O) groups excluding carboxylic acids is 3. The first kappa shape index (κ1) is 17.5. The quantitative estimate of drug-likeness (QED) is 0.820. The molecule has 1 saturated carbocycles. The standard InChI is InChI=1S/C20H21N3O4/c1-11(2)23-15(24)10-14(20(23)26)21-18(25)16-17(12-8-9-12)27-19(22-16)13-6-4-3-5-7-13/h3-7,11-12,14H,8-10H2,1-2H3,(H,21,25). The van der Waals surface area contributed by atoms with E-state index >= 15 is 0 Å². The van der Waals surface area contributed by atoms with Crippen molar-refractivity contribution >= 4 is 17.7 Å². The molecule has 0 spiro atoms. The minimum Gasteiger partial charge on any atom is -0.440 e. The van der Waals surface area contributed by atoms with E-state index in [-0.39, 0.29) is 35.9 Å². The predicted molar refractivity (Wildman–Crippen MR) is 96.8 cm³/mol. The van der Waals surface area contributed by atoms with E-state index in [4.69, 9.17) is 4.42 Å². The second-order valence-corrected chi connectivity index (χ2v) is 7.30. The maximum Gasteiger partial charge on any atom is 0.274 e. The van der Waals surface area contributed by atoms with E-state index in [9.17, 15) is 14.4 Å². The summed E-state index contributed by atoms with van der Waals surface area (Å²) in [6.07, 6.45) is 1.88. The summed E-state index contributed by atoms with van der Waals surface area (Å²) in [5.74, 6) is 0.0171. The van der Waals surface area contributed by atoms with Crippen molar-refractivity contribution in [1.82, 2.24) is 15.2 Å². The molecule has 2 aliphatic rings. The number of hydrogen-bond acceptors (Lipinski definition) is 5. The molecule has 1 aromatic carbocycles. The second kappa shape index (κ2) is 6.64. The van der Waals surface area contributed by atoms with Gasteiger partial charge in [-0.05, 0) is 38.8 Å². The average Bonchev–Trinajstić information content (AvgIpc) is 3.32. The monoisotopic (exact) mass is 367 g/mol. The van der Waals surface area contributed by atoms with Gasteiger partial charge in [-0.3, -0.25) is 19.3 Å². The predicted octanol–water partition coefficient (Wildman–Crippen LogP) is 2.48. The smallest absolute Gasteiger partial charge is 0.274 e. The zero-order chi connectivity index (χ0) is 19.1. The summed E-state index contributed by atoms with van der Waals surface area (Å²) in [5, 5.41) is 2.67. The van der Waals surface area contributed by atoms with E-state index in [1.807, 2.05) is 30.3 Å². The highest BCUT2D eigenvalue weighted by Crippen LogP contribution is 2.43. The van der Waals surface area contributed by atoms with Crippen molar-refractivity contribution in [2.24, 2.45) is 0 Å². The molecule has 1 aliphatic heterocycles. The molecule has 1 unspecified atom stereocenters. The lowest BCUT2D eigenvalue weighted by molar-refractivity contribution is -0.140. The van der Waals surface area contributed by atoms with Crippen molar-refractivity contribution in [3.63, 3.8) is 0 Å². The van der Waals surface area contributed by atoms with Gasteiger partial charge >= 0.3 is 0 Å². The molecule has 7 nitrogen and oxygen atoms in total. The van der Waals surface area contributed by atoms with Gasteiger partial charge in [0.25, 0.3) is 11.8 Å². The molecule has 0 radical (unpaired) electrons. The van der Waals surface area contributed by atoms with Gasteiger partial charge in [-0.2, -0.15) is 0 Å². The van der Waals surface area contributed by atoms with Gasteiger partial charge in [0.15, 0.2) is 5.69 Å². The number of aromatic nitrogens is 1. The second-order valence-electron chi connectivity index (χ2n) is 7.30. The molecule has 1 N–H and O–H groups in total. The molecule has 2 aromatic rings. The van der Waals surface area contributed by atoms with Crippen molar-refractivity contribution in [3.05, 3.63) is 41.8 Å². The van der Waals surface area contributed by atoms with Crippen LogP contribution in [0.25, 0.3) is 11.5 Å². The Morgan fingerprint density at radius 3 is 2.52 bits per heavy atom. The maximum atomic E-state index is 12.8. The third kappa shape index (κ3) is 3.25. The molecule has 2 heterocycles. The molecule has 140 valence electrons. The van der Waals surface area contributed by atoms with E-state index in [1.54, 1.807) is 13.8 Å². The van der Waals surface area contributed by atoms with Gasteiger partial charge in [-0.1, -0.05) is 18.2 Å². The highest BCUT2D eigenvalue weighted by atomic mass is 16.4. The molecule has 1 saturated heterocycles. The van der Waals surface area contributed by atoms with Crippen molar-refractivity contribution < 1.29 is 18.8 Å². The lowest BCUT2D eigenvalue weighted by Gasteiger charge is -2.19. The number of hydrogen-bond donors (Lipinski definition) is 1. The number of nitrogens with one attached hydrogen (secondary N) is 1. The summed E-state index contributed by atoms with van der Waals surface area (Å²) in [4.78, 5) is 42.9. The van der Waals surface area contributed by atoms with E-state index in [0.29, 0.717) is 11.7 Å². The first-order valence-corrected chi connectivity index (χ1v) is 9.18. The third-order valence-corrected chi connectivity index (χ3v) is 4.84. The highest BCUT2D eigenvalue weighted by molar-refractivity contribution is 6.08. The van der Waals surface area contributed by atoms with E-state index < -0.39 is 11.9 Å². The molecule has 0 bridgehead atoms. The van der Waals surface area contributed by atoms with Crippen LogP contribution < -0.4 is 5.32 Å². The number of carbonyl (C=O) groups is 3. The normalized spacial score (nSPS) is 19.8. The molecule has 27 heavy (non-hydrogen) atoms. The first-order chi connectivity index (χ1) is 13.0.